The highest BCUT2D eigenvalue weighted by molar-refractivity contribution is 14.0. The average molecular weight is 422 g/mol. The van der Waals surface area contributed by atoms with Gasteiger partial charge in [-0.1, -0.05) is 13.3 Å². The number of halogens is 1. The summed E-state index contributed by atoms with van der Waals surface area (Å²) in [5, 5.41) is 7.04. The lowest BCUT2D eigenvalue weighted by molar-refractivity contribution is 0.131. The molecule has 0 aromatic carbocycles. The van der Waals surface area contributed by atoms with Crippen LogP contribution in [0.5, 0.6) is 0 Å². The van der Waals surface area contributed by atoms with Gasteiger partial charge in [-0.3, -0.25) is 4.99 Å². The molecule has 0 spiro atoms. The molecule has 1 saturated carbocycles. The van der Waals surface area contributed by atoms with Crippen LogP contribution < -0.4 is 10.6 Å². The first-order valence-electron chi connectivity index (χ1n) is 8.80. The lowest BCUT2D eigenvalue weighted by Crippen LogP contribution is -2.46. The molecule has 0 aromatic heterocycles. The summed E-state index contributed by atoms with van der Waals surface area (Å²) in [6.45, 7) is 6.97. The summed E-state index contributed by atoms with van der Waals surface area (Å²) in [5.41, 5.74) is 0.547. The van der Waals surface area contributed by atoms with Crippen molar-refractivity contribution in [3.63, 3.8) is 0 Å². The fourth-order valence-electron chi connectivity index (χ4n) is 3.57. The fraction of sp³-hybridized carbons (Fsp3) is 0.941. The molecule has 1 aliphatic carbocycles. The van der Waals surface area contributed by atoms with E-state index in [-0.39, 0.29) is 24.0 Å². The maximum atomic E-state index is 4.36. The Bertz CT molecular complexity index is 328. The van der Waals surface area contributed by atoms with Crippen molar-refractivity contribution in [1.82, 2.24) is 15.5 Å². The van der Waals surface area contributed by atoms with Gasteiger partial charge in [0.15, 0.2) is 5.96 Å². The van der Waals surface area contributed by atoms with Crippen LogP contribution in [-0.2, 0) is 0 Å². The molecule has 5 heteroatoms. The molecule has 0 aromatic rings. The van der Waals surface area contributed by atoms with Crippen LogP contribution in [0.2, 0.25) is 0 Å². The molecule has 130 valence electrons. The molecule has 1 heterocycles. The first-order valence-corrected chi connectivity index (χ1v) is 8.80. The number of aliphatic imine (C=N–C) groups is 1. The second-order valence-corrected chi connectivity index (χ2v) is 7.09. The Morgan fingerprint density at radius 2 is 1.91 bits per heavy atom. The lowest BCUT2D eigenvalue weighted by Gasteiger charge is -2.41. The number of nitrogens with one attached hydrogen (secondary N) is 2. The number of nitrogens with zero attached hydrogens (tertiary/aromatic N) is 2. The quantitative estimate of drug-likeness (QED) is 0.393. The normalized spacial score (nSPS) is 22.6. The second-order valence-electron chi connectivity index (χ2n) is 7.09. The van der Waals surface area contributed by atoms with Gasteiger partial charge in [0, 0.05) is 20.1 Å². The molecule has 2 fully saturated rings. The van der Waals surface area contributed by atoms with E-state index in [0.717, 1.165) is 25.0 Å². The van der Waals surface area contributed by atoms with E-state index in [1.165, 1.54) is 58.0 Å². The van der Waals surface area contributed by atoms with Gasteiger partial charge in [0.25, 0.3) is 0 Å². The number of hydrogen-bond donors (Lipinski definition) is 2. The summed E-state index contributed by atoms with van der Waals surface area (Å²) in [7, 11) is 4.11. The van der Waals surface area contributed by atoms with Crippen LogP contribution in [0.25, 0.3) is 0 Å². The summed E-state index contributed by atoms with van der Waals surface area (Å²) in [4.78, 5) is 6.80. The summed E-state index contributed by atoms with van der Waals surface area (Å²) in [6.07, 6.45) is 9.41. The Morgan fingerprint density at radius 1 is 1.23 bits per heavy atom. The van der Waals surface area contributed by atoms with Crippen molar-refractivity contribution in [3.8, 4) is 0 Å². The monoisotopic (exact) mass is 422 g/mol. The van der Waals surface area contributed by atoms with Crippen molar-refractivity contribution in [2.45, 2.75) is 51.9 Å². The molecular formula is C17H35IN4. The molecule has 0 amide bonds. The van der Waals surface area contributed by atoms with E-state index >= 15 is 0 Å². The molecule has 2 rings (SSSR count). The average Bonchev–Trinajstić information content (AvgIpc) is 2.46. The third-order valence-corrected chi connectivity index (χ3v) is 5.70. The molecule has 2 N–H and O–H groups in total. The minimum absolute atomic E-state index is 0. The van der Waals surface area contributed by atoms with Gasteiger partial charge in [0.2, 0.25) is 0 Å². The third kappa shape index (κ3) is 5.87. The summed E-state index contributed by atoms with van der Waals surface area (Å²) in [6, 6.07) is 0. The smallest absolute Gasteiger partial charge is 0.190 e. The lowest BCUT2D eigenvalue weighted by atomic mass is 9.67. The molecule has 0 atom stereocenters. The van der Waals surface area contributed by atoms with Crippen LogP contribution in [0.4, 0.5) is 0 Å². The van der Waals surface area contributed by atoms with Gasteiger partial charge in [-0.25, -0.2) is 0 Å². The van der Waals surface area contributed by atoms with E-state index in [9.17, 15) is 0 Å². The standard InChI is InChI=1S/C17H34N4.HI/c1-4-17(9-5-10-17)14-20-16(18-2)19-11-6-15-7-12-21(3)13-8-15;/h15H,4-14H2,1-3H3,(H2,18,19,20);1H. The van der Waals surface area contributed by atoms with Crippen LogP contribution in [0.15, 0.2) is 4.99 Å². The summed E-state index contributed by atoms with van der Waals surface area (Å²) < 4.78 is 0. The predicted molar refractivity (Wildman–Crippen MR) is 106 cm³/mol. The summed E-state index contributed by atoms with van der Waals surface area (Å²) >= 11 is 0. The molecule has 22 heavy (non-hydrogen) atoms. The molecule has 0 unspecified atom stereocenters. The second kappa shape index (κ2) is 9.96. The Hall–Kier alpha value is -0.0400. The number of likely N-dealkylation sites (tertiary alicyclic amines) is 1. The Labute approximate surface area is 153 Å². The van der Waals surface area contributed by atoms with Gasteiger partial charge in [-0.15, -0.1) is 24.0 Å². The van der Waals surface area contributed by atoms with Crippen LogP contribution in [0.1, 0.15) is 51.9 Å². The van der Waals surface area contributed by atoms with Gasteiger partial charge < -0.3 is 15.5 Å². The highest BCUT2D eigenvalue weighted by Crippen LogP contribution is 2.42. The Balaban J connectivity index is 0.00000242. The molecule has 4 nitrogen and oxygen atoms in total. The van der Waals surface area contributed by atoms with Gasteiger partial charge in [0.1, 0.15) is 0 Å². The van der Waals surface area contributed by atoms with E-state index in [1.54, 1.807) is 0 Å². The number of guanidine groups is 1. The van der Waals surface area contributed by atoms with Crippen molar-refractivity contribution in [1.29, 1.82) is 0 Å². The van der Waals surface area contributed by atoms with Crippen LogP contribution in [0.3, 0.4) is 0 Å². The zero-order valence-corrected chi connectivity index (χ0v) is 17.0. The Morgan fingerprint density at radius 3 is 2.41 bits per heavy atom. The predicted octanol–water partition coefficient (Wildman–Crippen LogP) is 3.08. The highest BCUT2D eigenvalue weighted by atomic mass is 127. The maximum absolute atomic E-state index is 4.36. The molecule has 0 radical (unpaired) electrons. The number of piperidine rings is 1. The third-order valence-electron chi connectivity index (χ3n) is 5.70. The van der Waals surface area contributed by atoms with E-state index < -0.39 is 0 Å². The van der Waals surface area contributed by atoms with Crippen molar-refractivity contribution >= 4 is 29.9 Å². The van der Waals surface area contributed by atoms with Crippen molar-refractivity contribution in [2.75, 3.05) is 40.3 Å². The summed E-state index contributed by atoms with van der Waals surface area (Å²) in [5.74, 6) is 1.88. The van der Waals surface area contributed by atoms with Crippen molar-refractivity contribution < 1.29 is 0 Å². The first kappa shape index (κ1) is 20.0. The molecule has 1 aliphatic heterocycles. The zero-order valence-electron chi connectivity index (χ0n) is 14.7. The van der Waals surface area contributed by atoms with E-state index in [4.69, 9.17) is 0 Å². The van der Waals surface area contributed by atoms with Crippen LogP contribution in [0, 0.1) is 11.3 Å². The van der Waals surface area contributed by atoms with Crippen molar-refractivity contribution in [3.05, 3.63) is 0 Å². The van der Waals surface area contributed by atoms with Crippen LogP contribution >= 0.6 is 24.0 Å². The van der Waals surface area contributed by atoms with E-state index in [2.05, 4.69) is 34.5 Å². The molecule has 1 saturated heterocycles. The maximum Gasteiger partial charge on any atom is 0.190 e. The van der Waals surface area contributed by atoms with Gasteiger partial charge in [0.05, 0.1) is 0 Å². The molecular weight excluding hydrogens is 387 g/mol. The highest BCUT2D eigenvalue weighted by Gasteiger charge is 2.34. The van der Waals surface area contributed by atoms with Crippen molar-refractivity contribution in [2.24, 2.45) is 16.3 Å². The zero-order chi connectivity index (χ0) is 15.1. The van der Waals surface area contributed by atoms with Gasteiger partial charge >= 0.3 is 0 Å². The first-order chi connectivity index (χ1) is 10.2. The molecule has 0 bridgehead atoms. The largest absolute Gasteiger partial charge is 0.356 e. The minimum Gasteiger partial charge on any atom is -0.356 e. The van der Waals surface area contributed by atoms with Gasteiger partial charge in [-0.05, 0) is 70.0 Å². The Kier molecular flexibility index (Phi) is 9.05. The topological polar surface area (TPSA) is 39.7 Å². The number of hydrogen-bond acceptors (Lipinski definition) is 2. The van der Waals surface area contributed by atoms with Gasteiger partial charge in [-0.2, -0.15) is 0 Å². The van der Waals surface area contributed by atoms with Crippen LogP contribution in [-0.4, -0.2) is 51.1 Å². The minimum atomic E-state index is 0. The SMILES string of the molecule is CCC1(CNC(=NC)NCCC2CCN(C)CC2)CCC1.I. The number of rotatable bonds is 6. The molecule has 2 aliphatic rings. The fourth-order valence-corrected chi connectivity index (χ4v) is 3.57. The van der Waals surface area contributed by atoms with E-state index in [0.29, 0.717) is 5.41 Å². The van der Waals surface area contributed by atoms with E-state index in [1.807, 2.05) is 7.05 Å².